The summed E-state index contributed by atoms with van der Waals surface area (Å²) in [5.41, 5.74) is 0.250. The standard InChI is InChI=1S/C15H24N2O3/c18-13-1-4-15(11-16-13)5-7-17(8-6-15)14(19)12-2-9-20-10-3-12/h12H,1-11H2,(H,16,18). The minimum atomic E-state index is 0.170. The molecule has 1 spiro atoms. The Labute approximate surface area is 120 Å². The first-order valence-electron chi connectivity index (χ1n) is 7.82. The molecule has 0 radical (unpaired) electrons. The molecule has 0 aromatic heterocycles. The molecular formula is C15H24N2O3. The van der Waals surface area contributed by atoms with Crippen molar-refractivity contribution in [2.45, 2.75) is 38.5 Å². The molecule has 1 N–H and O–H groups in total. The average molecular weight is 280 g/mol. The number of piperidine rings is 2. The SMILES string of the molecule is O=C1CCC2(CCN(C(=O)C3CCOCC3)CC2)CN1. The molecule has 3 fully saturated rings. The fraction of sp³-hybridized carbons (Fsp3) is 0.867. The van der Waals surface area contributed by atoms with Gasteiger partial charge in [-0.15, -0.1) is 0 Å². The smallest absolute Gasteiger partial charge is 0.225 e. The van der Waals surface area contributed by atoms with E-state index in [4.69, 9.17) is 4.74 Å². The number of hydrogen-bond acceptors (Lipinski definition) is 3. The van der Waals surface area contributed by atoms with Gasteiger partial charge in [0.2, 0.25) is 11.8 Å². The van der Waals surface area contributed by atoms with Crippen molar-refractivity contribution in [2.24, 2.45) is 11.3 Å². The molecule has 3 rings (SSSR count). The molecule has 0 aliphatic carbocycles. The lowest BCUT2D eigenvalue weighted by Gasteiger charge is -2.44. The monoisotopic (exact) mass is 280 g/mol. The second kappa shape index (κ2) is 5.72. The van der Waals surface area contributed by atoms with E-state index in [2.05, 4.69) is 5.32 Å². The van der Waals surface area contributed by atoms with E-state index in [-0.39, 0.29) is 17.2 Å². The number of nitrogens with zero attached hydrogens (tertiary/aromatic N) is 1. The van der Waals surface area contributed by atoms with Crippen LogP contribution in [0.4, 0.5) is 0 Å². The molecule has 5 nitrogen and oxygen atoms in total. The van der Waals surface area contributed by atoms with Gasteiger partial charge < -0.3 is 15.0 Å². The van der Waals surface area contributed by atoms with E-state index in [1.165, 1.54) is 0 Å². The Morgan fingerprint density at radius 1 is 1.20 bits per heavy atom. The summed E-state index contributed by atoms with van der Waals surface area (Å²) in [5.74, 6) is 0.670. The van der Waals surface area contributed by atoms with Crippen molar-refractivity contribution < 1.29 is 14.3 Å². The van der Waals surface area contributed by atoms with Crippen molar-refractivity contribution in [3.8, 4) is 0 Å². The highest BCUT2D eigenvalue weighted by Gasteiger charge is 2.39. The Balaban J connectivity index is 1.52. The zero-order valence-corrected chi connectivity index (χ0v) is 12.0. The molecule has 3 saturated heterocycles. The van der Waals surface area contributed by atoms with E-state index in [0.29, 0.717) is 12.3 Å². The van der Waals surface area contributed by atoms with Crippen molar-refractivity contribution in [1.82, 2.24) is 10.2 Å². The van der Waals surface area contributed by atoms with Crippen LogP contribution in [0.25, 0.3) is 0 Å². The second-order valence-electron chi connectivity index (χ2n) is 6.49. The molecule has 3 heterocycles. The summed E-state index contributed by atoms with van der Waals surface area (Å²) in [7, 11) is 0. The van der Waals surface area contributed by atoms with Crippen molar-refractivity contribution >= 4 is 11.8 Å². The van der Waals surface area contributed by atoms with Crippen molar-refractivity contribution in [3.63, 3.8) is 0 Å². The first-order valence-corrected chi connectivity index (χ1v) is 7.82. The Bertz CT molecular complexity index is 371. The van der Waals surface area contributed by atoms with Gasteiger partial charge in [-0.05, 0) is 37.5 Å². The first-order chi connectivity index (χ1) is 9.69. The number of rotatable bonds is 1. The third-order valence-electron chi connectivity index (χ3n) is 5.25. The van der Waals surface area contributed by atoms with Crippen LogP contribution >= 0.6 is 0 Å². The van der Waals surface area contributed by atoms with Gasteiger partial charge in [0.15, 0.2) is 0 Å². The number of amides is 2. The molecular weight excluding hydrogens is 256 g/mol. The number of likely N-dealkylation sites (tertiary alicyclic amines) is 1. The summed E-state index contributed by atoms with van der Waals surface area (Å²) in [5, 5.41) is 2.99. The Hall–Kier alpha value is -1.10. The predicted octanol–water partition coefficient (Wildman–Crippen LogP) is 0.932. The van der Waals surface area contributed by atoms with Crippen LogP contribution in [0.15, 0.2) is 0 Å². The number of hydrogen-bond donors (Lipinski definition) is 1. The lowest BCUT2D eigenvalue weighted by molar-refractivity contribution is -0.142. The summed E-state index contributed by atoms with van der Waals surface area (Å²) in [4.78, 5) is 25.8. The van der Waals surface area contributed by atoms with Crippen LogP contribution in [0.5, 0.6) is 0 Å². The van der Waals surface area contributed by atoms with Gasteiger partial charge in [-0.25, -0.2) is 0 Å². The molecule has 112 valence electrons. The maximum absolute atomic E-state index is 12.5. The lowest BCUT2D eigenvalue weighted by atomic mass is 9.73. The van der Waals surface area contributed by atoms with E-state index >= 15 is 0 Å². The van der Waals surface area contributed by atoms with Gasteiger partial charge in [-0.3, -0.25) is 9.59 Å². The van der Waals surface area contributed by atoms with Crippen molar-refractivity contribution in [3.05, 3.63) is 0 Å². The summed E-state index contributed by atoms with van der Waals surface area (Å²) in [6, 6.07) is 0. The van der Waals surface area contributed by atoms with Crippen LogP contribution < -0.4 is 5.32 Å². The molecule has 3 aliphatic heterocycles. The van der Waals surface area contributed by atoms with Gasteiger partial charge in [0.05, 0.1) is 0 Å². The van der Waals surface area contributed by atoms with Crippen LogP contribution in [0.2, 0.25) is 0 Å². The molecule has 0 aromatic rings. The third-order valence-corrected chi connectivity index (χ3v) is 5.25. The maximum atomic E-state index is 12.5. The number of nitrogens with one attached hydrogen (secondary N) is 1. The van der Waals surface area contributed by atoms with Gasteiger partial charge in [-0.2, -0.15) is 0 Å². The quantitative estimate of drug-likeness (QED) is 0.777. The summed E-state index contributed by atoms with van der Waals surface area (Å²) < 4.78 is 5.33. The van der Waals surface area contributed by atoms with Crippen LogP contribution in [-0.2, 0) is 14.3 Å². The van der Waals surface area contributed by atoms with Gasteiger partial charge in [0.25, 0.3) is 0 Å². The summed E-state index contributed by atoms with van der Waals surface area (Å²) >= 11 is 0. The van der Waals surface area contributed by atoms with Gasteiger partial charge in [0.1, 0.15) is 0 Å². The molecule has 0 atom stereocenters. The highest BCUT2D eigenvalue weighted by atomic mass is 16.5. The minimum Gasteiger partial charge on any atom is -0.381 e. The lowest BCUT2D eigenvalue weighted by Crippen LogP contribution is -2.52. The van der Waals surface area contributed by atoms with Gasteiger partial charge in [0, 0.05) is 45.2 Å². The van der Waals surface area contributed by atoms with Crippen LogP contribution in [0.3, 0.4) is 0 Å². The summed E-state index contributed by atoms with van der Waals surface area (Å²) in [6.07, 6.45) is 5.43. The summed E-state index contributed by atoms with van der Waals surface area (Å²) in [6.45, 7) is 3.95. The first kappa shape index (κ1) is 13.9. The molecule has 0 saturated carbocycles. The highest BCUT2D eigenvalue weighted by molar-refractivity contribution is 5.79. The largest absolute Gasteiger partial charge is 0.381 e. The topological polar surface area (TPSA) is 58.6 Å². The molecule has 0 bridgehead atoms. The molecule has 5 heteroatoms. The maximum Gasteiger partial charge on any atom is 0.225 e. The fourth-order valence-electron chi connectivity index (χ4n) is 3.67. The average Bonchev–Trinajstić information content (AvgIpc) is 2.52. The molecule has 0 unspecified atom stereocenters. The zero-order chi connectivity index (χ0) is 14.0. The normalized spacial score (nSPS) is 27.4. The van der Waals surface area contributed by atoms with E-state index in [9.17, 15) is 9.59 Å². The Kier molecular flexibility index (Phi) is 3.96. The van der Waals surface area contributed by atoms with E-state index in [1.54, 1.807) is 0 Å². The van der Waals surface area contributed by atoms with Crippen LogP contribution in [-0.4, -0.2) is 49.6 Å². The number of carbonyl (C=O) groups excluding carboxylic acids is 2. The highest BCUT2D eigenvalue weighted by Crippen LogP contribution is 2.38. The Morgan fingerprint density at radius 3 is 2.50 bits per heavy atom. The van der Waals surface area contributed by atoms with Crippen LogP contribution in [0, 0.1) is 11.3 Å². The second-order valence-corrected chi connectivity index (χ2v) is 6.49. The van der Waals surface area contributed by atoms with E-state index in [0.717, 1.165) is 65.0 Å². The molecule has 20 heavy (non-hydrogen) atoms. The molecule has 0 aromatic carbocycles. The van der Waals surface area contributed by atoms with Crippen LogP contribution in [0.1, 0.15) is 38.5 Å². The van der Waals surface area contributed by atoms with E-state index in [1.807, 2.05) is 4.90 Å². The van der Waals surface area contributed by atoms with E-state index < -0.39 is 0 Å². The van der Waals surface area contributed by atoms with Gasteiger partial charge in [-0.1, -0.05) is 0 Å². The third kappa shape index (κ3) is 2.82. The fourth-order valence-corrected chi connectivity index (χ4v) is 3.67. The zero-order valence-electron chi connectivity index (χ0n) is 12.0. The van der Waals surface area contributed by atoms with Crippen molar-refractivity contribution in [1.29, 1.82) is 0 Å². The van der Waals surface area contributed by atoms with Crippen molar-refractivity contribution in [2.75, 3.05) is 32.8 Å². The number of ether oxygens (including phenoxy) is 1. The predicted molar refractivity (Wildman–Crippen MR) is 74.0 cm³/mol. The number of carbonyl (C=O) groups is 2. The van der Waals surface area contributed by atoms with Gasteiger partial charge >= 0.3 is 0 Å². The molecule has 2 amide bonds. The Morgan fingerprint density at radius 2 is 1.90 bits per heavy atom. The minimum absolute atomic E-state index is 0.170. The molecule has 3 aliphatic rings.